The van der Waals surface area contributed by atoms with Gasteiger partial charge in [-0.3, -0.25) is 14.4 Å². The number of ether oxygens (including phenoxy) is 3. The topological polar surface area (TPSA) is 118 Å². The van der Waals surface area contributed by atoms with Gasteiger partial charge in [-0.2, -0.15) is 0 Å². The number of anilines is 1. The molecule has 11 nitrogen and oxygen atoms in total. The lowest BCUT2D eigenvalue weighted by Gasteiger charge is -2.52. The van der Waals surface area contributed by atoms with E-state index in [1.807, 2.05) is 4.90 Å². The maximum absolute atomic E-state index is 13.2. The molecule has 0 spiro atoms. The molecule has 4 atom stereocenters. The Bertz CT molecular complexity index is 1080. The van der Waals surface area contributed by atoms with Gasteiger partial charge in [-0.15, -0.1) is 0 Å². The van der Waals surface area contributed by atoms with E-state index in [2.05, 4.69) is 10.2 Å². The predicted molar refractivity (Wildman–Crippen MR) is 133 cm³/mol. The third-order valence-corrected chi connectivity index (χ3v) is 8.11. The molecule has 1 unspecified atom stereocenters. The van der Waals surface area contributed by atoms with Crippen LogP contribution in [0, 0.1) is 11.8 Å². The Morgan fingerprint density at radius 2 is 1.76 bits per heavy atom. The Balaban J connectivity index is 1.22. The third kappa shape index (κ3) is 4.55. The maximum atomic E-state index is 13.2. The number of amides is 5. The van der Waals surface area contributed by atoms with Crippen LogP contribution >= 0.6 is 0 Å². The fourth-order valence-electron chi connectivity index (χ4n) is 6.41. The van der Waals surface area contributed by atoms with Crippen LogP contribution in [0.25, 0.3) is 0 Å². The monoisotopic (exact) mass is 514 g/mol. The number of hydrogen-bond acceptors (Lipinski definition) is 7. The number of carbonyl (C=O) groups excluding carboxylic acids is 4. The Hall–Kier alpha value is -3.50. The molecule has 4 saturated heterocycles. The van der Waals surface area contributed by atoms with E-state index in [-0.39, 0.29) is 30.7 Å². The molecule has 4 aliphatic rings. The summed E-state index contributed by atoms with van der Waals surface area (Å²) in [5.74, 6) is 1.41. The molecular weight excluding hydrogens is 480 g/mol. The minimum absolute atomic E-state index is 0.0152. The number of urea groups is 1. The predicted octanol–water partition coefficient (Wildman–Crippen LogP) is 1.78. The molecule has 4 aliphatic heterocycles. The minimum atomic E-state index is -0.800. The lowest BCUT2D eigenvalue weighted by Crippen LogP contribution is -2.61. The van der Waals surface area contributed by atoms with Crippen molar-refractivity contribution in [3.63, 3.8) is 0 Å². The molecule has 11 heteroatoms. The quantitative estimate of drug-likeness (QED) is 0.551. The molecular formula is C26H34N4O7. The van der Waals surface area contributed by atoms with Gasteiger partial charge in [-0.25, -0.2) is 9.69 Å². The van der Waals surface area contributed by atoms with Crippen LogP contribution in [-0.2, 0) is 14.4 Å². The number of imide groups is 1. The van der Waals surface area contributed by atoms with Gasteiger partial charge >= 0.3 is 6.03 Å². The van der Waals surface area contributed by atoms with Crippen LogP contribution in [-0.4, -0.2) is 86.6 Å². The molecule has 2 bridgehead atoms. The highest BCUT2D eigenvalue weighted by Crippen LogP contribution is 2.42. The molecule has 5 amide bonds. The third-order valence-electron chi connectivity index (χ3n) is 8.11. The van der Waals surface area contributed by atoms with Gasteiger partial charge in [0.25, 0.3) is 5.91 Å². The Labute approximate surface area is 216 Å². The number of carbonyl (C=O) groups is 4. The van der Waals surface area contributed by atoms with Crippen molar-refractivity contribution in [2.24, 2.45) is 11.8 Å². The largest absolute Gasteiger partial charge is 0.493 e. The number of hydrogen-bond donors (Lipinski definition) is 1. The van der Waals surface area contributed by atoms with E-state index in [0.29, 0.717) is 54.3 Å². The fourth-order valence-corrected chi connectivity index (χ4v) is 6.41. The fraction of sp³-hybridized carbons (Fsp3) is 0.615. The van der Waals surface area contributed by atoms with Crippen molar-refractivity contribution >= 4 is 29.4 Å². The lowest BCUT2D eigenvalue weighted by atomic mass is 9.76. The summed E-state index contributed by atoms with van der Waals surface area (Å²) in [5.41, 5.74) is 0.293. The van der Waals surface area contributed by atoms with Crippen molar-refractivity contribution in [2.45, 2.75) is 50.6 Å². The Kier molecular flexibility index (Phi) is 6.87. The first kappa shape index (κ1) is 25.2. The molecule has 0 saturated carbocycles. The van der Waals surface area contributed by atoms with Crippen LogP contribution < -0.4 is 24.4 Å². The molecule has 4 fully saturated rings. The summed E-state index contributed by atoms with van der Waals surface area (Å²) in [5, 5.41) is 2.71. The van der Waals surface area contributed by atoms with Gasteiger partial charge in [-0.1, -0.05) is 0 Å². The number of piperidine rings is 3. The van der Waals surface area contributed by atoms with Crippen LogP contribution in [0.15, 0.2) is 12.1 Å². The SMILES string of the molecule is COc1cc(N2C(=O)N[C@@H](CCC(=O)N3C[C@H]4C[C@@H](C3)C3CCCC(=O)N3C4)C2=O)cc(OC)c1OC. The van der Waals surface area contributed by atoms with Crippen molar-refractivity contribution in [1.82, 2.24) is 15.1 Å². The number of nitrogens with one attached hydrogen (secondary N) is 1. The van der Waals surface area contributed by atoms with Gasteiger partial charge in [-0.05, 0) is 37.5 Å². The molecule has 5 rings (SSSR count). The average Bonchev–Trinajstić information content (AvgIpc) is 3.19. The summed E-state index contributed by atoms with van der Waals surface area (Å²) in [6.07, 6.45) is 3.98. The summed E-state index contributed by atoms with van der Waals surface area (Å²) in [7, 11) is 4.39. The number of nitrogens with zero attached hydrogens (tertiary/aromatic N) is 3. The van der Waals surface area contributed by atoms with E-state index in [1.165, 1.54) is 33.5 Å². The first-order valence-electron chi connectivity index (χ1n) is 12.9. The van der Waals surface area contributed by atoms with Crippen LogP contribution in [0.4, 0.5) is 10.5 Å². The highest BCUT2D eigenvalue weighted by molar-refractivity contribution is 6.21. The second-order valence-corrected chi connectivity index (χ2v) is 10.3. The standard InChI is InChI=1S/C26H34N4O7/c1-35-20-10-17(11-21(36-2)24(20)37-3)30-25(33)18(27-26(30)34)7-8-22(31)28-12-15-9-16(14-28)19-5-4-6-23(32)29(19)13-15/h10-11,15-16,18-19H,4-9,12-14H2,1-3H3,(H,27,34)/t15-,16+,18+,19?/m1/s1. The van der Waals surface area contributed by atoms with Gasteiger partial charge in [0.2, 0.25) is 17.6 Å². The normalized spacial score (nSPS) is 27.1. The van der Waals surface area contributed by atoms with E-state index in [4.69, 9.17) is 14.2 Å². The van der Waals surface area contributed by atoms with Crippen LogP contribution in [0.3, 0.4) is 0 Å². The molecule has 0 aliphatic carbocycles. The maximum Gasteiger partial charge on any atom is 0.329 e. The summed E-state index contributed by atoms with van der Waals surface area (Å²) >= 11 is 0. The second-order valence-electron chi connectivity index (χ2n) is 10.3. The highest BCUT2D eigenvalue weighted by Gasteiger charge is 2.45. The van der Waals surface area contributed by atoms with Crippen LogP contribution in [0.5, 0.6) is 17.2 Å². The zero-order valence-corrected chi connectivity index (χ0v) is 21.5. The van der Waals surface area contributed by atoms with E-state index < -0.39 is 18.0 Å². The molecule has 4 heterocycles. The Morgan fingerprint density at radius 3 is 2.43 bits per heavy atom. The van der Waals surface area contributed by atoms with Gasteiger partial charge in [0.1, 0.15) is 6.04 Å². The van der Waals surface area contributed by atoms with E-state index in [9.17, 15) is 19.2 Å². The lowest BCUT2D eigenvalue weighted by molar-refractivity contribution is -0.148. The van der Waals surface area contributed by atoms with Gasteiger partial charge in [0.15, 0.2) is 11.5 Å². The van der Waals surface area contributed by atoms with Crippen molar-refractivity contribution in [3.8, 4) is 17.2 Å². The number of benzene rings is 1. The molecule has 1 N–H and O–H groups in total. The number of methoxy groups -OCH3 is 3. The van der Waals surface area contributed by atoms with Crippen LogP contribution in [0.1, 0.15) is 38.5 Å². The molecule has 200 valence electrons. The molecule has 0 radical (unpaired) electrons. The van der Waals surface area contributed by atoms with Crippen molar-refractivity contribution in [1.29, 1.82) is 0 Å². The average molecular weight is 515 g/mol. The summed E-state index contributed by atoms with van der Waals surface area (Å²) in [6, 6.07) is 1.95. The van der Waals surface area contributed by atoms with Crippen molar-refractivity contribution < 1.29 is 33.4 Å². The van der Waals surface area contributed by atoms with Crippen molar-refractivity contribution in [2.75, 3.05) is 45.9 Å². The van der Waals surface area contributed by atoms with E-state index >= 15 is 0 Å². The number of likely N-dealkylation sites (tertiary alicyclic amines) is 1. The number of fused-ring (bicyclic) bond motifs is 4. The highest BCUT2D eigenvalue weighted by atomic mass is 16.5. The second kappa shape index (κ2) is 10.1. The first-order valence-corrected chi connectivity index (χ1v) is 12.9. The summed E-state index contributed by atoms with van der Waals surface area (Å²) in [4.78, 5) is 56.4. The van der Waals surface area contributed by atoms with Gasteiger partial charge < -0.3 is 29.3 Å². The first-order chi connectivity index (χ1) is 17.8. The summed E-state index contributed by atoms with van der Waals surface area (Å²) in [6.45, 7) is 2.01. The van der Waals surface area contributed by atoms with E-state index in [1.54, 1.807) is 0 Å². The smallest absolute Gasteiger partial charge is 0.329 e. The molecule has 37 heavy (non-hydrogen) atoms. The zero-order chi connectivity index (χ0) is 26.3. The molecule has 0 aromatic heterocycles. The zero-order valence-electron chi connectivity index (χ0n) is 21.5. The van der Waals surface area contributed by atoms with Gasteiger partial charge in [0.05, 0.1) is 27.0 Å². The minimum Gasteiger partial charge on any atom is -0.493 e. The summed E-state index contributed by atoms with van der Waals surface area (Å²) < 4.78 is 16.0. The van der Waals surface area contributed by atoms with E-state index in [0.717, 1.165) is 30.7 Å². The molecule has 1 aromatic carbocycles. The van der Waals surface area contributed by atoms with Crippen molar-refractivity contribution in [3.05, 3.63) is 12.1 Å². The van der Waals surface area contributed by atoms with Crippen LogP contribution in [0.2, 0.25) is 0 Å². The Morgan fingerprint density at radius 1 is 1.03 bits per heavy atom. The van der Waals surface area contributed by atoms with Gasteiger partial charge in [0, 0.05) is 50.7 Å². The number of rotatable bonds is 7. The molecule has 1 aromatic rings.